The zero-order valence-electron chi connectivity index (χ0n) is 9.34. The molecule has 0 aromatic heterocycles. The Morgan fingerprint density at radius 3 is 2.73 bits per heavy atom. The van der Waals surface area contributed by atoms with Gasteiger partial charge in [-0.25, -0.2) is 0 Å². The third-order valence-electron chi connectivity index (χ3n) is 3.09. The van der Waals surface area contributed by atoms with Gasteiger partial charge in [0.2, 0.25) is 5.91 Å². The fourth-order valence-corrected chi connectivity index (χ4v) is 2.04. The van der Waals surface area contributed by atoms with Crippen LogP contribution in [0.15, 0.2) is 24.3 Å². The maximum atomic E-state index is 11.9. The maximum absolute atomic E-state index is 11.9. The zero-order valence-corrected chi connectivity index (χ0v) is 9.34. The fourth-order valence-electron chi connectivity index (χ4n) is 2.04. The molecule has 1 aliphatic rings. The Morgan fingerprint density at radius 1 is 1.47 bits per heavy atom. The van der Waals surface area contributed by atoms with Gasteiger partial charge in [-0.3, -0.25) is 4.79 Å². The summed E-state index contributed by atoms with van der Waals surface area (Å²) in [5, 5.41) is 2.93. The molecule has 1 amide bonds. The van der Waals surface area contributed by atoms with Gasteiger partial charge in [0.05, 0.1) is 5.41 Å². The summed E-state index contributed by atoms with van der Waals surface area (Å²) in [5.74, 6) is 0.190. The van der Waals surface area contributed by atoms with E-state index in [1.807, 2.05) is 13.0 Å². The number of carbonyl (C=O) groups is 1. The zero-order chi connectivity index (χ0) is 10.9. The normalized spacial score (nSPS) is 17.2. The summed E-state index contributed by atoms with van der Waals surface area (Å²) in [6.45, 7) is 4.74. The number of benzene rings is 1. The smallest absolute Gasteiger partial charge is 0.230 e. The van der Waals surface area contributed by atoms with Crippen LogP contribution in [0.5, 0.6) is 0 Å². The average Bonchev–Trinajstić information content (AvgIpc) is 2.99. The maximum Gasteiger partial charge on any atom is 0.230 e. The van der Waals surface area contributed by atoms with Crippen molar-refractivity contribution < 1.29 is 4.79 Å². The highest BCUT2D eigenvalue weighted by atomic mass is 16.2. The van der Waals surface area contributed by atoms with Crippen LogP contribution in [0.3, 0.4) is 0 Å². The lowest BCUT2D eigenvalue weighted by Crippen LogP contribution is -2.34. The molecule has 0 unspecified atom stereocenters. The number of carbonyl (C=O) groups excluding carboxylic acids is 1. The second kappa shape index (κ2) is 3.69. The molecule has 1 aromatic carbocycles. The molecule has 0 radical (unpaired) electrons. The van der Waals surface area contributed by atoms with Gasteiger partial charge in [0.1, 0.15) is 0 Å². The summed E-state index contributed by atoms with van der Waals surface area (Å²) < 4.78 is 0. The highest BCUT2D eigenvalue weighted by molar-refractivity contribution is 5.91. The van der Waals surface area contributed by atoms with Gasteiger partial charge in [0.15, 0.2) is 0 Å². The van der Waals surface area contributed by atoms with Crippen molar-refractivity contribution in [3.05, 3.63) is 35.4 Å². The molecular weight excluding hydrogens is 186 g/mol. The molecule has 0 saturated heterocycles. The van der Waals surface area contributed by atoms with Gasteiger partial charge in [-0.15, -0.1) is 0 Å². The van der Waals surface area contributed by atoms with Crippen LogP contribution >= 0.6 is 0 Å². The van der Waals surface area contributed by atoms with E-state index < -0.39 is 0 Å². The Bertz CT molecular complexity index is 380. The van der Waals surface area contributed by atoms with Crippen molar-refractivity contribution >= 4 is 5.91 Å². The van der Waals surface area contributed by atoms with Crippen molar-refractivity contribution in [1.82, 2.24) is 5.32 Å². The summed E-state index contributed by atoms with van der Waals surface area (Å²) in [4.78, 5) is 11.9. The topological polar surface area (TPSA) is 29.1 Å². The second-order valence-electron chi connectivity index (χ2n) is 4.31. The number of likely N-dealkylation sites (N-methyl/N-ethyl adjacent to an activating group) is 1. The molecule has 1 saturated carbocycles. The van der Waals surface area contributed by atoms with Crippen LogP contribution in [0.2, 0.25) is 0 Å². The Morgan fingerprint density at radius 2 is 2.20 bits per heavy atom. The van der Waals surface area contributed by atoms with Gasteiger partial charge in [-0.05, 0) is 32.3 Å². The summed E-state index contributed by atoms with van der Waals surface area (Å²) >= 11 is 0. The largest absolute Gasteiger partial charge is 0.356 e. The molecule has 2 nitrogen and oxygen atoms in total. The van der Waals surface area contributed by atoms with E-state index in [1.54, 1.807) is 0 Å². The van der Waals surface area contributed by atoms with Gasteiger partial charge in [-0.2, -0.15) is 0 Å². The molecule has 1 N–H and O–H groups in total. The molecule has 1 fully saturated rings. The SMILES string of the molecule is CCNC(=O)C1(c2cccc(C)c2)CC1. The van der Waals surface area contributed by atoms with E-state index in [-0.39, 0.29) is 11.3 Å². The van der Waals surface area contributed by atoms with Crippen molar-refractivity contribution in [2.75, 3.05) is 6.54 Å². The number of hydrogen-bond donors (Lipinski definition) is 1. The van der Waals surface area contributed by atoms with Crippen molar-refractivity contribution in [2.45, 2.75) is 32.1 Å². The van der Waals surface area contributed by atoms with Crippen LogP contribution < -0.4 is 5.32 Å². The summed E-state index contributed by atoms with van der Waals surface area (Å²) in [5.41, 5.74) is 2.19. The van der Waals surface area contributed by atoms with Gasteiger partial charge in [-0.1, -0.05) is 29.8 Å². The molecule has 80 valence electrons. The van der Waals surface area contributed by atoms with E-state index in [9.17, 15) is 4.79 Å². The first-order valence-corrected chi connectivity index (χ1v) is 5.54. The highest BCUT2D eigenvalue weighted by Crippen LogP contribution is 2.48. The molecule has 0 aliphatic heterocycles. The Balaban J connectivity index is 2.26. The number of rotatable bonds is 3. The van der Waals surface area contributed by atoms with Crippen LogP contribution in [0, 0.1) is 6.92 Å². The minimum atomic E-state index is -0.206. The van der Waals surface area contributed by atoms with Crippen molar-refractivity contribution in [1.29, 1.82) is 0 Å². The Hall–Kier alpha value is -1.31. The predicted octanol–water partition coefficient (Wildman–Crippen LogP) is 2.16. The second-order valence-corrected chi connectivity index (χ2v) is 4.31. The van der Waals surface area contributed by atoms with Crippen LogP contribution in [0.25, 0.3) is 0 Å². The van der Waals surface area contributed by atoms with Crippen LogP contribution in [-0.2, 0) is 10.2 Å². The highest BCUT2D eigenvalue weighted by Gasteiger charge is 2.50. The number of hydrogen-bond acceptors (Lipinski definition) is 1. The molecule has 2 rings (SSSR count). The Labute approximate surface area is 90.7 Å². The van der Waals surface area contributed by atoms with Gasteiger partial charge in [0.25, 0.3) is 0 Å². The van der Waals surface area contributed by atoms with E-state index in [1.165, 1.54) is 11.1 Å². The van der Waals surface area contributed by atoms with E-state index in [0.29, 0.717) is 6.54 Å². The molecule has 0 spiro atoms. The van der Waals surface area contributed by atoms with Crippen LogP contribution in [-0.4, -0.2) is 12.5 Å². The Kier molecular flexibility index (Phi) is 2.51. The van der Waals surface area contributed by atoms with E-state index in [2.05, 4.69) is 30.4 Å². The molecule has 1 aromatic rings. The first-order valence-electron chi connectivity index (χ1n) is 5.54. The van der Waals surface area contributed by atoms with Crippen LogP contribution in [0.1, 0.15) is 30.9 Å². The van der Waals surface area contributed by atoms with E-state index in [4.69, 9.17) is 0 Å². The number of amides is 1. The molecule has 1 aliphatic carbocycles. The minimum Gasteiger partial charge on any atom is -0.356 e. The first kappa shape index (κ1) is 10.2. The summed E-state index contributed by atoms with van der Waals surface area (Å²) in [6, 6.07) is 8.29. The minimum absolute atomic E-state index is 0.190. The average molecular weight is 203 g/mol. The lowest BCUT2D eigenvalue weighted by Gasteiger charge is -2.15. The van der Waals surface area contributed by atoms with Crippen molar-refractivity contribution in [3.63, 3.8) is 0 Å². The lowest BCUT2D eigenvalue weighted by molar-refractivity contribution is -0.123. The summed E-state index contributed by atoms with van der Waals surface area (Å²) in [6.07, 6.45) is 1.98. The van der Waals surface area contributed by atoms with Crippen LogP contribution in [0.4, 0.5) is 0 Å². The summed E-state index contributed by atoms with van der Waals surface area (Å²) in [7, 11) is 0. The van der Waals surface area contributed by atoms with Crippen molar-refractivity contribution in [2.24, 2.45) is 0 Å². The monoisotopic (exact) mass is 203 g/mol. The third-order valence-corrected chi connectivity index (χ3v) is 3.09. The first-order chi connectivity index (χ1) is 7.19. The number of aryl methyl sites for hydroxylation is 1. The van der Waals surface area contributed by atoms with Gasteiger partial charge >= 0.3 is 0 Å². The van der Waals surface area contributed by atoms with Gasteiger partial charge < -0.3 is 5.32 Å². The van der Waals surface area contributed by atoms with E-state index in [0.717, 1.165) is 12.8 Å². The number of nitrogens with one attached hydrogen (secondary N) is 1. The standard InChI is InChI=1S/C13H17NO/c1-3-14-12(15)13(7-8-13)11-6-4-5-10(2)9-11/h4-6,9H,3,7-8H2,1-2H3,(H,14,15). The predicted molar refractivity (Wildman–Crippen MR) is 60.8 cm³/mol. The third kappa shape index (κ3) is 1.76. The van der Waals surface area contributed by atoms with Gasteiger partial charge in [0, 0.05) is 6.54 Å². The quantitative estimate of drug-likeness (QED) is 0.801. The molecular formula is C13H17NO. The van der Waals surface area contributed by atoms with E-state index >= 15 is 0 Å². The fraction of sp³-hybridized carbons (Fsp3) is 0.462. The molecule has 0 heterocycles. The molecule has 2 heteroatoms. The van der Waals surface area contributed by atoms with Crippen molar-refractivity contribution in [3.8, 4) is 0 Å². The molecule has 15 heavy (non-hydrogen) atoms. The molecule has 0 bridgehead atoms. The molecule has 0 atom stereocenters. The lowest BCUT2D eigenvalue weighted by atomic mass is 9.93.